The largest absolute Gasteiger partial charge is 0.298 e. The number of nitrogens with one attached hydrogen (secondary N) is 1. The molecule has 5 heteroatoms. The number of likely N-dealkylation sites (tertiary alicyclic amines) is 1. The molecule has 2 aromatic rings. The van der Waals surface area contributed by atoms with Crippen LogP contribution < -0.4 is 11.3 Å². The summed E-state index contributed by atoms with van der Waals surface area (Å²) in [6.45, 7) is 3.10. The zero-order chi connectivity index (χ0) is 14.7. The average Bonchev–Trinajstić information content (AvgIpc) is 3.17. The number of nitrogens with zero attached hydrogens (tertiary/aromatic N) is 1. The molecule has 2 heterocycles. The molecule has 1 fully saturated rings. The third-order valence-electron chi connectivity index (χ3n) is 3.94. The Labute approximate surface area is 128 Å². The predicted molar refractivity (Wildman–Crippen MR) is 85.0 cm³/mol. The maximum Gasteiger partial charge on any atom is 0.275 e. The normalized spacial score (nSPS) is 18.8. The lowest BCUT2D eigenvalue weighted by atomic mass is 9.99. The summed E-state index contributed by atoms with van der Waals surface area (Å²) >= 11 is 1.52. The third-order valence-corrected chi connectivity index (χ3v) is 5.01. The summed E-state index contributed by atoms with van der Waals surface area (Å²) in [6, 6.07) is 14.6. The fraction of sp³-hybridized carbons (Fsp3) is 0.312. The predicted octanol–water partition coefficient (Wildman–Crippen LogP) is 2.34. The van der Waals surface area contributed by atoms with Crippen LogP contribution in [-0.4, -0.2) is 23.9 Å². The van der Waals surface area contributed by atoms with Gasteiger partial charge >= 0.3 is 0 Å². The van der Waals surface area contributed by atoms with E-state index in [2.05, 4.69) is 40.7 Å². The van der Waals surface area contributed by atoms with Gasteiger partial charge in [0.2, 0.25) is 0 Å². The van der Waals surface area contributed by atoms with Crippen molar-refractivity contribution in [1.29, 1.82) is 0 Å². The molecule has 0 aliphatic carbocycles. The van der Waals surface area contributed by atoms with E-state index in [-0.39, 0.29) is 5.91 Å². The van der Waals surface area contributed by atoms with Gasteiger partial charge in [0, 0.05) is 18.0 Å². The quantitative estimate of drug-likeness (QED) is 0.518. The van der Waals surface area contributed by atoms with Crippen LogP contribution in [-0.2, 0) is 6.54 Å². The van der Waals surface area contributed by atoms with Gasteiger partial charge in [-0.15, -0.1) is 11.3 Å². The molecule has 1 saturated heterocycles. The van der Waals surface area contributed by atoms with E-state index in [0.717, 1.165) is 19.6 Å². The van der Waals surface area contributed by atoms with Crippen molar-refractivity contribution in [3.8, 4) is 0 Å². The third kappa shape index (κ3) is 3.32. The molecule has 0 bridgehead atoms. The fourth-order valence-corrected chi connectivity index (χ4v) is 3.80. The molecular formula is C16H19N3OS. The number of carbonyl (C=O) groups excluding carboxylic acids is 1. The van der Waals surface area contributed by atoms with Gasteiger partial charge < -0.3 is 0 Å². The molecule has 1 aromatic heterocycles. The van der Waals surface area contributed by atoms with Gasteiger partial charge in [-0.1, -0.05) is 30.3 Å². The highest BCUT2D eigenvalue weighted by Gasteiger charge is 2.24. The highest BCUT2D eigenvalue weighted by atomic mass is 32.1. The van der Waals surface area contributed by atoms with Crippen LogP contribution in [0.5, 0.6) is 0 Å². The van der Waals surface area contributed by atoms with Gasteiger partial charge in [-0.3, -0.25) is 15.1 Å². The first-order valence-electron chi connectivity index (χ1n) is 7.13. The van der Waals surface area contributed by atoms with Gasteiger partial charge in [-0.05, 0) is 36.6 Å². The van der Waals surface area contributed by atoms with Gasteiger partial charge in [-0.25, -0.2) is 5.84 Å². The minimum absolute atomic E-state index is 0.213. The molecule has 1 aliphatic rings. The zero-order valence-electron chi connectivity index (χ0n) is 11.8. The number of hydrogen-bond acceptors (Lipinski definition) is 4. The molecule has 1 unspecified atom stereocenters. The van der Waals surface area contributed by atoms with Gasteiger partial charge in [0.1, 0.15) is 0 Å². The van der Waals surface area contributed by atoms with Crippen molar-refractivity contribution in [1.82, 2.24) is 10.3 Å². The average molecular weight is 301 g/mol. The molecule has 3 rings (SSSR count). The maximum atomic E-state index is 11.5. The van der Waals surface area contributed by atoms with E-state index < -0.39 is 0 Å². The highest BCUT2D eigenvalue weighted by molar-refractivity contribution is 7.14. The molecule has 1 aliphatic heterocycles. The number of rotatable bonds is 4. The molecule has 4 nitrogen and oxygen atoms in total. The minimum Gasteiger partial charge on any atom is -0.298 e. The fourth-order valence-electron chi connectivity index (χ4n) is 2.85. The molecule has 1 aromatic carbocycles. The SMILES string of the molecule is NNC(=O)c1ccc(CN2CCC(c3ccccc3)C2)s1. The minimum atomic E-state index is -0.213. The van der Waals surface area contributed by atoms with E-state index in [1.54, 1.807) is 0 Å². The first kappa shape index (κ1) is 14.3. The number of carbonyl (C=O) groups is 1. The standard InChI is InChI=1S/C16H19N3OS/c17-18-16(20)15-7-6-14(21-15)11-19-9-8-13(10-19)12-4-2-1-3-5-12/h1-7,13H,8-11,17H2,(H,18,20). The van der Waals surface area contributed by atoms with Crippen LogP contribution in [0, 0.1) is 0 Å². The number of hydrazine groups is 1. The summed E-state index contributed by atoms with van der Waals surface area (Å²) in [4.78, 5) is 15.8. The molecule has 0 spiro atoms. The topological polar surface area (TPSA) is 58.4 Å². The van der Waals surface area contributed by atoms with Gasteiger partial charge in [0.05, 0.1) is 4.88 Å². The van der Waals surface area contributed by atoms with Crippen molar-refractivity contribution in [3.63, 3.8) is 0 Å². The van der Waals surface area contributed by atoms with E-state index >= 15 is 0 Å². The lowest BCUT2D eigenvalue weighted by Gasteiger charge is -2.15. The van der Waals surface area contributed by atoms with Crippen molar-refractivity contribution in [2.45, 2.75) is 18.9 Å². The molecular weight excluding hydrogens is 282 g/mol. The van der Waals surface area contributed by atoms with Crippen LogP contribution in [0.15, 0.2) is 42.5 Å². The molecule has 0 radical (unpaired) electrons. The Bertz CT molecular complexity index is 611. The molecule has 21 heavy (non-hydrogen) atoms. The van der Waals surface area contributed by atoms with Crippen LogP contribution in [0.2, 0.25) is 0 Å². The number of hydrogen-bond donors (Lipinski definition) is 2. The van der Waals surface area contributed by atoms with Crippen LogP contribution in [0.1, 0.15) is 32.5 Å². The van der Waals surface area contributed by atoms with Gasteiger partial charge in [-0.2, -0.15) is 0 Å². The van der Waals surface area contributed by atoms with E-state index in [1.807, 2.05) is 12.1 Å². The maximum absolute atomic E-state index is 11.5. The van der Waals surface area contributed by atoms with Crippen LogP contribution >= 0.6 is 11.3 Å². The van der Waals surface area contributed by atoms with Crippen molar-refractivity contribution < 1.29 is 4.79 Å². The Kier molecular flexibility index (Phi) is 4.34. The lowest BCUT2D eigenvalue weighted by molar-refractivity contribution is 0.0957. The zero-order valence-corrected chi connectivity index (χ0v) is 12.6. The van der Waals surface area contributed by atoms with E-state index in [1.165, 1.54) is 28.2 Å². The highest BCUT2D eigenvalue weighted by Crippen LogP contribution is 2.29. The van der Waals surface area contributed by atoms with Crippen molar-refractivity contribution in [3.05, 3.63) is 57.8 Å². The van der Waals surface area contributed by atoms with Crippen LogP contribution in [0.3, 0.4) is 0 Å². The molecule has 1 atom stereocenters. The summed E-state index contributed by atoms with van der Waals surface area (Å²) in [5.41, 5.74) is 3.60. The lowest BCUT2D eigenvalue weighted by Crippen LogP contribution is -2.29. The van der Waals surface area contributed by atoms with Crippen LogP contribution in [0.4, 0.5) is 0 Å². The Hall–Kier alpha value is -1.69. The van der Waals surface area contributed by atoms with E-state index in [4.69, 9.17) is 5.84 Å². The Balaban J connectivity index is 1.60. The second-order valence-corrected chi connectivity index (χ2v) is 6.54. The summed E-state index contributed by atoms with van der Waals surface area (Å²) in [5, 5.41) is 0. The summed E-state index contributed by atoms with van der Waals surface area (Å²) in [7, 11) is 0. The van der Waals surface area contributed by atoms with Crippen molar-refractivity contribution >= 4 is 17.2 Å². The molecule has 110 valence electrons. The monoisotopic (exact) mass is 301 g/mol. The number of nitrogens with two attached hydrogens (primary N) is 1. The first-order valence-corrected chi connectivity index (χ1v) is 7.95. The van der Waals surface area contributed by atoms with Gasteiger partial charge in [0.25, 0.3) is 5.91 Å². The second kappa shape index (κ2) is 6.39. The number of nitrogen functional groups attached to an aromatic ring is 1. The number of benzene rings is 1. The Morgan fingerprint density at radius 3 is 2.86 bits per heavy atom. The molecule has 3 N–H and O–H groups in total. The second-order valence-electron chi connectivity index (χ2n) is 5.37. The van der Waals surface area contributed by atoms with Crippen molar-refractivity contribution in [2.75, 3.05) is 13.1 Å². The molecule has 0 saturated carbocycles. The summed E-state index contributed by atoms with van der Waals surface area (Å²) < 4.78 is 0. The van der Waals surface area contributed by atoms with Gasteiger partial charge in [0.15, 0.2) is 0 Å². The van der Waals surface area contributed by atoms with Crippen molar-refractivity contribution in [2.24, 2.45) is 5.84 Å². The summed E-state index contributed by atoms with van der Waals surface area (Å²) in [6.07, 6.45) is 1.20. The smallest absolute Gasteiger partial charge is 0.275 e. The van der Waals surface area contributed by atoms with Crippen LogP contribution in [0.25, 0.3) is 0 Å². The number of thiophene rings is 1. The first-order chi connectivity index (χ1) is 10.3. The van der Waals surface area contributed by atoms with E-state index in [0.29, 0.717) is 10.8 Å². The summed E-state index contributed by atoms with van der Waals surface area (Å²) in [5.74, 6) is 5.57. The Morgan fingerprint density at radius 2 is 2.10 bits per heavy atom. The number of amides is 1. The Morgan fingerprint density at radius 1 is 1.29 bits per heavy atom. The van der Waals surface area contributed by atoms with E-state index in [9.17, 15) is 4.79 Å². The molecule has 1 amide bonds.